The topological polar surface area (TPSA) is 42.4 Å². The molecule has 0 N–H and O–H groups in total. The summed E-state index contributed by atoms with van der Waals surface area (Å²) in [6.45, 7) is 0. The van der Waals surface area contributed by atoms with Gasteiger partial charge in [-0.1, -0.05) is 19.3 Å². The predicted octanol–water partition coefficient (Wildman–Crippen LogP) is 2.54. The van der Waals surface area contributed by atoms with E-state index >= 15 is 0 Å². The summed E-state index contributed by atoms with van der Waals surface area (Å²) in [5, 5.41) is 0. The van der Waals surface area contributed by atoms with Gasteiger partial charge in [-0.15, -0.1) is 0 Å². The maximum Gasteiger partial charge on any atom is 0.184 e. The van der Waals surface area contributed by atoms with E-state index in [9.17, 15) is 4.79 Å². The lowest BCUT2D eigenvalue weighted by atomic mass is 9.76. The lowest BCUT2D eigenvalue weighted by molar-refractivity contribution is 0.0563. The molecule has 1 aliphatic rings. The van der Waals surface area contributed by atoms with Crippen LogP contribution in [0, 0.1) is 0 Å². The minimum Gasteiger partial charge on any atom is -0.495 e. The van der Waals surface area contributed by atoms with Gasteiger partial charge in [0, 0.05) is 11.8 Å². The van der Waals surface area contributed by atoms with E-state index in [2.05, 4.69) is 9.88 Å². The number of methoxy groups -OCH3 is 1. The fraction of sp³-hybridized carbons (Fsp3) is 0.600. The molecule has 0 spiro atoms. The summed E-state index contributed by atoms with van der Waals surface area (Å²) in [7, 11) is 5.58. The molecule has 1 fully saturated rings. The second-order valence-electron chi connectivity index (χ2n) is 5.43. The standard InChI is InChI=1S/C15H22N2O2/c1-17(2)15(7-5-4-6-8-15)14(18)12-9-13(19-3)11-16-10-12/h9-11H,4-8H2,1-3H3. The minimum absolute atomic E-state index is 0.170. The number of ether oxygens (including phenoxy) is 1. The number of hydrogen-bond donors (Lipinski definition) is 0. The van der Waals surface area contributed by atoms with E-state index in [0.717, 1.165) is 25.7 Å². The summed E-state index contributed by atoms with van der Waals surface area (Å²) in [6, 6.07) is 1.79. The zero-order chi connectivity index (χ0) is 13.9. The molecule has 1 saturated carbocycles. The Hall–Kier alpha value is -1.42. The molecule has 0 bridgehead atoms. The van der Waals surface area contributed by atoms with Crippen molar-refractivity contribution in [2.45, 2.75) is 37.6 Å². The van der Waals surface area contributed by atoms with Crippen LogP contribution in [0.5, 0.6) is 5.75 Å². The molecule has 2 rings (SSSR count). The summed E-state index contributed by atoms with van der Waals surface area (Å²) in [6.07, 6.45) is 8.57. The lowest BCUT2D eigenvalue weighted by Gasteiger charge is -2.41. The van der Waals surface area contributed by atoms with Gasteiger partial charge in [0.2, 0.25) is 0 Å². The molecule has 0 aromatic carbocycles. The molecule has 1 aromatic rings. The van der Waals surface area contributed by atoms with Crippen molar-refractivity contribution in [1.82, 2.24) is 9.88 Å². The number of likely N-dealkylation sites (N-methyl/N-ethyl adjacent to an activating group) is 1. The minimum atomic E-state index is -0.369. The second kappa shape index (κ2) is 5.70. The molecule has 4 nitrogen and oxygen atoms in total. The molecule has 19 heavy (non-hydrogen) atoms. The molecule has 0 atom stereocenters. The number of Topliss-reactive ketones (excluding diaryl/α,β-unsaturated/α-hetero) is 1. The maximum absolute atomic E-state index is 12.9. The average molecular weight is 262 g/mol. The molecule has 0 aliphatic heterocycles. The van der Waals surface area contributed by atoms with Crippen LogP contribution in [0.3, 0.4) is 0 Å². The van der Waals surface area contributed by atoms with Crippen LogP contribution in [0.1, 0.15) is 42.5 Å². The first kappa shape index (κ1) is 14.0. The van der Waals surface area contributed by atoms with Gasteiger partial charge in [0.05, 0.1) is 18.8 Å². The van der Waals surface area contributed by atoms with Crippen LogP contribution >= 0.6 is 0 Å². The fourth-order valence-corrected chi connectivity index (χ4v) is 2.94. The molecule has 104 valence electrons. The summed E-state index contributed by atoms with van der Waals surface area (Å²) in [5.74, 6) is 0.805. The highest BCUT2D eigenvalue weighted by atomic mass is 16.5. The van der Waals surface area contributed by atoms with Crippen LogP contribution in [0.2, 0.25) is 0 Å². The number of carbonyl (C=O) groups is 1. The monoisotopic (exact) mass is 262 g/mol. The maximum atomic E-state index is 12.9. The zero-order valence-corrected chi connectivity index (χ0v) is 12.0. The predicted molar refractivity (Wildman–Crippen MR) is 74.6 cm³/mol. The SMILES string of the molecule is COc1cncc(C(=O)C2(N(C)C)CCCCC2)c1. The molecule has 0 radical (unpaired) electrons. The number of rotatable bonds is 4. The summed E-state index contributed by atoms with van der Waals surface area (Å²) >= 11 is 0. The number of carbonyl (C=O) groups excluding carboxylic acids is 1. The van der Waals surface area contributed by atoms with Gasteiger partial charge in [0.25, 0.3) is 0 Å². The Morgan fingerprint density at radius 1 is 1.26 bits per heavy atom. The summed E-state index contributed by atoms with van der Waals surface area (Å²) < 4.78 is 5.16. The van der Waals surface area contributed by atoms with Gasteiger partial charge in [-0.3, -0.25) is 14.7 Å². The third-order valence-corrected chi connectivity index (χ3v) is 4.17. The molecule has 0 saturated heterocycles. The van der Waals surface area contributed by atoms with Crippen LogP contribution in [0.4, 0.5) is 0 Å². The van der Waals surface area contributed by atoms with Gasteiger partial charge in [-0.2, -0.15) is 0 Å². The number of nitrogens with zero attached hydrogens (tertiary/aromatic N) is 2. The van der Waals surface area contributed by atoms with E-state index in [-0.39, 0.29) is 11.3 Å². The Kier molecular flexibility index (Phi) is 4.20. The van der Waals surface area contributed by atoms with E-state index in [1.165, 1.54) is 6.42 Å². The lowest BCUT2D eigenvalue weighted by Crippen LogP contribution is -2.52. The van der Waals surface area contributed by atoms with Crippen molar-refractivity contribution in [3.63, 3.8) is 0 Å². The van der Waals surface area contributed by atoms with Gasteiger partial charge in [-0.05, 0) is 33.0 Å². The number of aromatic nitrogens is 1. The van der Waals surface area contributed by atoms with Crippen molar-refractivity contribution >= 4 is 5.78 Å². The highest BCUT2D eigenvalue weighted by Crippen LogP contribution is 2.35. The van der Waals surface area contributed by atoms with Gasteiger partial charge < -0.3 is 4.74 Å². The normalized spacial score (nSPS) is 18.3. The Labute approximate surface area is 114 Å². The highest BCUT2D eigenvalue weighted by molar-refractivity contribution is 6.03. The van der Waals surface area contributed by atoms with E-state index in [0.29, 0.717) is 11.3 Å². The largest absolute Gasteiger partial charge is 0.495 e. The van der Waals surface area contributed by atoms with Crippen molar-refractivity contribution in [1.29, 1.82) is 0 Å². The van der Waals surface area contributed by atoms with Crippen molar-refractivity contribution in [3.8, 4) is 5.75 Å². The van der Waals surface area contributed by atoms with Gasteiger partial charge in [0.15, 0.2) is 5.78 Å². The molecule has 4 heteroatoms. The third kappa shape index (κ3) is 2.63. The zero-order valence-electron chi connectivity index (χ0n) is 12.0. The smallest absolute Gasteiger partial charge is 0.184 e. The van der Waals surface area contributed by atoms with Gasteiger partial charge in [-0.25, -0.2) is 0 Å². The molecule has 1 aromatic heterocycles. The Morgan fingerprint density at radius 3 is 2.53 bits per heavy atom. The van der Waals surface area contributed by atoms with Crippen LogP contribution in [0.25, 0.3) is 0 Å². The van der Waals surface area contributed by atoms with Crippen molar-refractivity contribution < 1.29 is 9.53 Å². The first-order valence-electron chi connectivity index (χ1n) is 6.81. The number of ketones is 1. The van der Waals surface area contributed by atoms with Crippen LogP contribution in [0.15, 0.2) is 18.5 Å². The van der Waals surface area contributed by atoms with Gasteiger partial charge in [0.1, 0.15) is 5.75 Å². The quantitative estimate of drug-likeness (QED) is 0.782. The highest BCUT2D eigenvalue weighted by Gasteiger charge is 2.41. The average Bonchev–Trinajstić information content (AvgIpc) is 2.47. The van der Waals surface area contributed by atoms with Gasteiger partial charge >= 0.3 is 0 Å². The van der Waals surface area contributed by atoms with Crippen LogP contribution in [-0.4, -0.2) is 42.4 Å². The molecule has 0 amide bonds. The molecule has 1 aliphatic carbocycles. The summed E-state index contributed by atoms with van der Waals surface area (Å²) in [5.41, 5.74) is 0.279. The van der Waals surface area contributed by atoms with Crippen molar-refractivity contribution in [2.75, 3.05) is 21.2 Å². The Bertz CT molecular complexity index is 451. The first-order valence-corrected chi connectivity index (χ1v) is 6.81. The summed E-state index contributed by atoms with van der Waals surface area (Å²) in [4.78, 5) is 19.1. The Balaban J connectivity index is 2.33. The van der Waals surface area contributed by atoms with E-state index in [1.807, 2.05) is 14.1 Å². The second-order valence-corrected chi connectivity index (χ2v) is 5.43. The van der Waals surface area contributed by atoms with Crippen molar-refractivity contribution in [2.24, 2.45) is 0 Å². The molecule has 1 heterocycles. The fourth-order valence-electron chi connectivity index (χ4n) is 2.94. The molecular formula is C15H22N2O2. The van der Waals surface area contributed by atoms with E-state index in [1.54, 1.807) is 25.6 Å². The molecular weight excluding hydrogens is 240 g/mol. The van der Waals surface area contributed by atoms with E-state index < -0.39 is 0 Å². The van der Waals surface area contributed by atoms with Crippen molar-refractivity contribution in [3.05, 3.63) is 24.0 Å². The third-order valence-electron chi connectivity index (χ3n) is 4.17. The number of pyridine rings is 1. The Morgan fingerprint density at radius 2 is 1.95 bits per heavy atom. The van der Waals surface area contributed by atoms with E-state index in [4.69, 9.17) is 4.74 Å². The van der Waals surface area contributed by atoms with Crippen LogP contribution < -0.4 is 4.74 Å². The molecule has 0 unspecified atom stereocenters. The first-order chi connectivity index (χ1) is 9.10. The number of hydrogen-bond acceptors (Lipinski definition) is 4. The van der Waals surface area contributed by atoms with Crippen LogP contribution in [-0.2, 0) is 0 Å².